The first kappa shape index (κ1) is 71.8. The number of amides is 12. The number of primary amides is 2. The molecule has 500 valence electrons. The fourth-order valence-electron chi connectivity index (χ4n) is 10.4. The predicted octanol–water partition coefficient (Wildman–Crippen LogP) is -2.77. The van der Waals surface area contributed by atoms with Gasteiger partial charge in [-0.25, -0.2) is 4.79 Å². The summed E-state index contributed by atoms with van der Waals surface area (Å²) in [6.45, 7) is 1.06. The van der Waals surface area contributed by atoms with Crippen LogP contribution in [0.25, 0.3) is 0 Å². The highest BCUT2D eigenvalue weighted by Crippen LogP contribution is 2.22. The summed E-state index contributed by atoms with van der Waals surface area (Å²) in [6, 6.07) is 9.38. The van der Waals surface area contributed by atoms with Gasteiger partial charge < -0.3 is 84.6 Å². The molecule has 10 atom stereocenters. The number of carboxylic acids is 3. The fourth-order valence-corrected chi connectivity index (χ4v) is 10.4. The summed E-state index contributed by atoms with van der Waals surface area (Å²) in [5.41, 5.74) is 12.4. The minimum atomic E-state index is -2.07. The van der Waals surface area contributed by atoms with E-state index in [2.05, 4.69) is 47.9 Å². The predicted molar refractivity (Wildman–Crippen MR) is 328 cm³/mol. The van der Waals surface area contributed by atoms with E-state index in [-0.39, 0.29) is 49.1 Å². The van der Waals surface area contributed by atoms with Crippen LogP contribution in [0.2, 0.25) is 0 Å². The van der Waals surface area contributed by atoms with Gasteiger partial charge in [0.1, 0.15) is 66.2 Å². The Morgan fingerprint density at radius 3 is 1.28 bits per heavy atom. The number of aromatic carboxylic acids is 1. The number of hydrogen-bond acceptors (Lipinski definition) is 16. The van der Waals surface area contributed by atoms with Gasteiger partial charge in [0.2, 0.25) is 70.9 Å². The zero-order valence-electron chi connectivity index (χ0n) is 50.9. The maximum atomic E-state index is 14.9. The van der Waals surface area contributed by atoms with Crippen molar-refractivity contribution in [2.75, 3.05) is 6.54 Å². The summed E-state index contributed by atoms with van der Waals surface area (Å²) >= 11 is 0. The van der Waals surface area contributed by atoms with E-state index < -0.39 is 201 Å². The number of aliphatic carboxylic acids is 2. The van der Waals surface area contributed by atoms with Crippen molar-refractivity contribution in [3.05, 3.63) is 137 Å². The molecule has 0 spiro atoms. The third kappa shape index (κ3) is 22.0. The van der Waals surface area contributed by atoms with Crippen LogP contribution in [-0.2, 0) is 92.8 Å². The van der Waals surface area contributed by atoms with E-state index in [9.17, 15) is 92.3 Å². The number of phenols is 1. The molecule has 31 heteroatoms. The third-order valence-electron chi connectivity index (χ3n) is 15.3. The molecule has 0 radical (unpaired) electrons. The standard InChI is InChI=1S/C63H74N12O19/c1-33-53(83)69-43(27-34-9-4-2-5-10-34)58(88)71-44(28-36-14-18-38(19-15-36)63(93)94)57(87)67-40(22-24-49(64)77)55(85)74-47(30-35-11-6-3-7-12-35)62(92)75-26-8-13-48(75)61(91)73-46(32-52(81)82)60(90)72-45(31-50(65)78)59(89)68-41(23-25-51(79)80)54(84)70-42(56(86)66-33)29-37-16-20-39(76)21-17-37/h2-7,9-12,14-21,33,40-48,76H,8,13,22-32H2,1H3,(H2,64,77)(H2,65,78)(H,66,86)(H,67,87)(H,68,89)(H,69,83)(H,70,84)(H,71,88)(H,72,90)(H,73,91)(H,74,85)(H,79,80)(H,81,82)(H,93,94)/t33-,40-,41-,42-,43-,44-,45-,46-,47+,48-/m0/s1. The molecule has 0 unspecified atom stereocenters. The molecule has 0 bridgehead atoms. The van der Waals surface area contributed by atoms with Gasteiger partial charge >= 0.3 is 17.9 Å². The molecule has 6 rings (SSSR count). The molecule has 4 aromatic rings. The van der Waals surface area contributed by atoms with Crippen molar-refractivity contribution in [1.29, 1.82) is 0 Å². The molecule has 2 aliphatic rings. The molecule has 4 aromatic carbocycles. The van der Waals surface area contributed by atoms with Crippen molar-refractivity contribution in [2.24, 2.45) is 11.5 Å². The third-order valence-corrected chi connectivity index (χ3v) is 15.3. The minimum absolute atomic E-state index is 0.0900. The molecule has 12 amide bonds. The number of phenolic OH excluding ortho intramolecular Hbond substituents is 1. The quantitative estimate of drug-likeness (QED) is 0.0452. The van der Waals surface area contributed by atoms with Crippen LogP contribution in [0.5, 0.6) is 5.75 Å². The molecule has 0 saturated carbocycles. The molecule has 0 aliphatic carbocycles. The Labute approximate surface area is 537 Å². The molecule has 2 saturated heterocycles. The number of aromatic hydroxyl groups is 1. The highest BCUT2D eigenvalue weighted by Gasteiger charge is 2.42. The zero-order valence-corrected chi connectivity index (χ0v) is 50.9. The average Bonchev–Trinajstić information content (AvgIpc) is 1.57. The number of carbonyl (C=O) groups excluding carboxylic acids is 12. The van der Waals surface area contributed by atoms with Gasteiger partial charge in [0.05, 0.1) is 18.4 Å². The maximum Gasteiger partial charge on any atom is 0.335 e. The number of nitrogens with one attached hydrogen (secondary N) is 9. The van der Waals surface area contributed by atoms with E-state index in [1.54, 1.807) is 60.7 Å². The second kappa shape index (κ2) is 34.2. The Morgan fingerprint density at radius 1 is 0.426 bits per heavy atom. The van der Waals surface area contributed by atoms with Crippen LogP contribution < -0.4 is 59.3 Å². The first-order valence-electron chi connectivity index (χ1n) is 29.9. The molecule has 94 heavy (non-hydrogen) atoms. The fraction of sp³-hybridized carbons (Fsp3) is 0.381. The first-order valence-corrected chi connectivity index (χ1v) is 29.9. The first-order chi connectivity index (χ1) is 44.6. The Morgan fingerprint density at radius 2 is 0.809 bits per heavy atom. The van der Waals surface area contributed by atoms with E-state index in [1.807, 2.05) is 0 Å². The SMILES string of the molecule is C[C@@H]1NC(=O)[C@H](Cc2ccc(O)cc2)NC(=O)[C@H](CCC(=O)O)NC(=O)[C@H](CC(N)=O)NC(=O)[C@H](CC(=O)O)NC(=O)[C@@H]2CCCN2C(=O)[C@@H](Cc2ccccc2)NC(=O)[C@H](CCC(N)=O)NC(=O)[C@H](Cc2ccc(C(=O)O)cc2)NC(=O)[C@H](Cc2ccccc2)NC1=O. The number of carbonyl (C=O) groups is 15. The van der Waals surface area contributed by atoms with Gasteiger partial charge in [-0.15, -0.1) is 0 Å². The normalized spacial score (nSPS) is 23.4. The molecule has 31 nitrogen and oxygen atoms in total. The Hall–Kier alpha value is -11.3. The minimum Gasteiger partial charge on any atom is -0.508 e. The molecular weight excluding hydrogens is 1230 g/mol. The molecule has 2 aliphatic heterocycles. The van der Waals surface area contributed by atoms with Crippen molar-refractivity contribution in [3.63, 3.8) is 0 Å². The van der Waals surface area contributed by atoms with Gasteiger partial charge in [-0.2, -0.15) is 0 Å². The molecule has 0 aromatic heterocycles. The van der Waals surface area contributed by atoms with Crippen LogP contribution in [-0.4, -0.2) is 181 Å². The van der Waals surface area contributed by atoms with Crippen LogP contribution in [0.4, 0.5) is 0 Å². The van der Waals surface area contributed by atoms with Crippen molar-refractivity contribution in [3.8, 4) is 5.75 Å². The van der Waals surface area contributed by atoms with Crippen molar-refractivity contribution in [1.82, 2.24) is 52.8 Å². The summed E-state index contributed by atoms with van der Waals surface area (Å²) in [5.74, 6) is -18.1. The Kier molecular flexibility index (Phi) is 26.2. The van der Waals surface area contributed by atoms with Crippen LogP contribution in [0, 0.1) is 0 Å². The number of carboxylic acid groups (broad SMARTS) is 3. The lowest BCUT2D eigenvalue weighted by Crippen LogP contribution is -2.62. The number of nitrogens with two attached hydrogens (primary N) is 2. The van der Waals surface area contributed by atoms with Gasteiger partial charge in [-0.05, 0) is 79.1 Å². The van der Waals surface area contributed by atoms with Crippen molar-refractivity contribution < 1.29 is 92.3 Å². The topological polar surface area (TPSA) is 501 Å². The Balaban J connectivity index is 1.47. The summed E-state index contributed by atoms with van der Waals surface area (Å²) in [4.78, 5) is 207. The van der Waals surface area contributed by atoms with Gasteiger partial charge in [-0.1, -0.05) is 84.9 Å². The van der Waals surface area contributed by atoms with Gasteiger partial charge in [0.25, 0.3) is 0 Å². The van der Waals surface area contributed by atoms with E-state index in [0.717, 1.165) is 4.90 Å². The monoisotopic (exact) mass is 1300 g/mol. The number of rotatable bonds is 19. The molecule has 17 N–H and O–H groups in total. The second-order valence-corrected chi connectivity index (χ2v) is 22.6. The molecule has 2 heterocycles. The summed E-state index contributed by atoms with van der Waals surface area (Å²) in [7, 11) is 0. The average molecular weight is 1300 g/mol. The highest BCUT2D eigenvalue weighted by molar-refractivity contribution is 6.01. The van der Waals surface area contributed by atoms with E-state index in [0.29, 0.717) is 16.7 Å². The number of nitrogens with zero attached hydrogens (tertiary/aromatic N) is 1. The lowest BCUT2D eigenvalue weighted by molar-refractivity contribution is -0.144. The van der Waals surface area contributed by atoms with Crippen LogP contribution in [0.1, 0.15) is 90.9 Å². The lowest BCUT2D eigenvalue weighted by atomic mass is 10.00. The maximum absolute atomic E-state index is 14.9. The van der Waals surface area contributed by atoms with Crippen LogP contribution >= 0.6 is 0 Å². The molecule has 2 fully saturated rings. The zero-order chi connectivity index (χ0) is 68.8. The summed E-state index contributed by atoms with van der Waals surface area (Å²) in [6.07, 6.45) is -6.05. The largest absolute Gasteiger partial charge is 0.508 e. The van der Waals surface area contributed by atoms with Crippen molar-refractivity contribution >= 4 is 88.8 Å². The van der Waals surface area contributed by atoms with E-state index >= 15 is 0 Å². The van der Waals surface area contributed by atoms with Crippen LogP contribution in [0.3, 0.4) is 0 Å². The van der Waals surface area contributed by atoms with E-state index in [4.69, 9.17) is 11.5 Å². The summed E-state index contributed by atoms with van der Waals surface area (Å²) < 4.78 is 0. The van der Waals surface area contributed by atoms with Gasteiger partial charge in [-0.3, -0.25) is 67.1 Å². The van der Waals surface area contributed by atoms with Gasteiger partial charge in [0.15, 0.2) is 0 Å². The molecular formula is C63H74N12O19. The van der Waals surface area contributed by atoms with Crippen molar-refractivity contribution in [2.45, 2.75) is 144 Å². The number of hydrogen-bond donors (Lipinski definition) is 15. The number of fused-ring (bicyclic) bond motifs is 1. The van der Waals surface area contributed by atoms with Crippen LogP contribution in [0.15, 0.2) is 109 Å². The highest BCUT2D eigenvalue weighted by atomic mass is 16.4. The number of benzene rings is 4. The Bertz CT molecular complexity index is 3470. The van der Waals surface area contributed by atoms with Gasteiger partial charge in [0, 0.05) is 45.1 Å². The second-order valence-electron chi connectivity index (χ2n) is 22.6. The smallest absolute Gasteiger partial charge is 0.335 e. The van der Waals surface area contributed by atoms with E-state index in [1.165, 1.54) is 55.5 Å². The summed E-state index contributed by atoms with van der Waals surface area (Å²) in [5, 5.41) is 61.3. The lowest BCUT2D eigenvalue weighted by Gasteiger charge is -2.31.